The number of rotatable bonds is 12. The molecule has 0 saturated heterocycles. The van der Waals surface area contributed by atoms with Gasteiger partial charge in [0.15, 0.2) is 0 Å². The summed E-state index contributed by atoms with van der Waals surface area (Å²) in [6, 6.07) is 13.4. The van der Waals surface area contributed by atoms with Crippen LogP contribution >= 0.6 is 0 Å². The number of H-pyrrole nitrogens is 2. The standard InChI is InChI=1S/C40H50N8O6/c1-23(2)33(45-39(51)53-9)37(49)47(7)25(5)35-41-21-31(43-35)29-17-13-27(14-18-29)11-12-28-15-19-30(20-16-28)32-22-42-36(44-32)26(6)48(8)38(50)34(24(3)4)46-40(52)54-10/h13-26,33-34H,1-10H3,(H,41,43)(H,42,44)(H,45,51)(H,46,52)/t25-,26-,33-,34-/m0/s1. The second kappa shape index (κ2) is 18.1. The summed E-state index contributed by atoms with van der Waals surface area (Å²) < 4.78 is 9.38. The largest absolute Gasteiger partial charge is 0.453 e. The van der Waals surface area contributed by atoms with E-state index in [1.165, 1.54) is 14.2 Å². The Labute approximate surface area is 316 Å². The van der Waals surface area contributed by atoms with E-state index in [1.54, 1.807) is 36.3 Å². The third-order valence-electron chi connectivity index (χ3n) is 9.37. The van der Waals surface area contributed by atoms with Gasteiger partial charge in [-0.25, -0.2) is 19.6 Å². The van der Waals surface area contributed by atoms with Crippen LogP contribution in [0.4, 0.5) is 9.59 Å². The zero-order valence-corrected chi connectivity index (χ0v) is 32.5. The molecule has 2 heterocycles. The Morgan fingerprint density at radius 1 is 0.611 bits per heavy atom. The molecule has 2 aromatic carbocycles. The summed E-state index contributed by atoms with van der Waals surface area (Å²) in [7, 11) is 5.89. The Morgan fingerprint density at radius 3 is 1.24 bits per heavy atom. The van der Waals surface area contributed by atoms with Gasteiger partial charge in [-0.2, -0.15) is 0 Å². The van der Waals surface area contributed by atoms with Crippen LogP contribution in [0.1, 0.15) is 76.4 Å². The van der Waals surface area contributed by atoms with Crippen LogP contribution in [-0.2, 0) is 19.1 Å². The summed E-state index contributed by atoms with van der Waals surface area (Å²) in [6.45, 7) is 11.2. The predicted molar refractivity (Wildman–Crippen MR) is 205 cm³/mol. The fraction of sp³-hybridized carbons (Fsp3) is 0.400. The van der Waals surface area contributed by atoms with Gasteiger partial charge in [0.2, 0.25) is 11.8 Å². The van der Waals surface area contributed by atoms with Crippen LogP contribution in [-0.4, -0.2) is 94.1 Å². The van der Waals surface area contributed by atoms with E-state index >= 15 is 0 Å². The number of methoxy groups -OCH3 is 2. The number of alkyl carbamates (subject to hydrolysis) is 2. The van der Waals surface area contributed by atoms with E-state index in [0.717, 1.165) is 33.6 Å². The minimum absolute atomic E-state index is 0.137. The van der Waals surface area contributed by atoms with Crippen LogP contribution in [0.2, 0.25) is 0 Å². The molecule has 0 aliphatic rings. The highest BCUT2D eigenvalue weighted by Gasteiger charge is 2.32. The molecule has 0 radical (unpaired) electrons. The van der Waals surface area contributed by atoms with Crippen molar-refractivity contribution in [1.82, 2.24) is 40.4 Å². The summed E-state index contributed by atoms with van der Waals surface area (Å²) in [5.74, 6) is 6.88. The molecule has 4 N–H and O–H groups in total. The number of nitrogens with one attached hydrogen (secondary N) is 4. The molecule has 4 aromatic rings. The highest BCUT2D eigenvalue weighted by atomic mass is 16.5. The molecule has 0 aliphatic heterocycles. The van der Waals surface area contributed by atoms with Crippen molar-refractivity contribution in [2.75, 3.05) is 28.3 Å². The van der Waals surface area contributed by atoms with Crippen molar-refractivity contribution < 1.29 is 28.7 Å². The van der Waals surface area contributed by atoms with Crippen molar-refractivity contribution >= 4 is 24.0 Å². The van der Waals surface area contributed by atoms with Gasteiger partial charge in [-0.3, -0.25) is 9.59 Å². The lowest BCUT2D eigenvalue weighted by molar-refractivity contribution is -0.135. The van der Waals surface area contributed by atoms with Gasteiger partial charge in [0, 0.05) is 25.2 Å². The highest BCUT2D eigenvalue weighted by Crippen LogP contribution is 2.25. The number of benzene rings is 2. The highest BCUT2D eigenvalue weighted by molar-refractivity contribution is 5.86. The maximum absolute atomic E-state index is 13.2. The second-order valence-corrected chi connectivity index (χ2v) is 13.7. The number of aromatic amines is 2. The summed E-state index contributed by atoms with van der Waals surface area (Å²) in [5.41, 5.74) is 5.10. The van der Waals surface area contributed by atoms with Crippen LogP contribution < -0.4 is 10.6 Å². The van der Waals surface area contributed by atoms with Crippen molar-refractivity contribution in [3.8, 4) is 34.4 Å². The predicted octanol–water partition coefficient (Wildman–Crippen LogP) is 5.67. The van der Waals surface area contributed by atoms with Crippen molar-refractivity contribution in [2.24, 2.45) is 11.8 Å². The van der Waals surface area contributed by atoms with E-state index < -0.39 is 24.3 Å². The van der Waals surface area contributed by atoms with Gasteiger partial charge in [0.25, 0.3) is 0 Å². The van der Waals surface area contributed by atoms with Crippen molar-refractivity contribution in [3.63, 3.8) is 0 Å². The van der Waals surface area contributed by atoms with E-state index in [0.29, 0.717) is 11.6 Å². The molecular formula is C40H50N8O6. The van der Waals surface area contributed by atoms with E-state index in [-0.39, 0.29) is 35.7 Å². The average molecular weight is 739 g/mol. The summed E-state index contributed by atoms with van der Waals surface area (Å²) in [5, 5.41) is 5.24. The maximum atomic E-state index is 13.2. The van der Waals surface area contributed by atoms with Crippen LogP contribution in [0, 0.1) is 23.7 Å². The molecule has 2 aromatic heterocycles. The SMILES string of the molecule is COC(=O)N[C@H](C(=O)N(C)[C@@H](C)c1ncc(-c2ccc(C#Cc3ccc(-c4cnc([C@H](C)N(C)C(=O)[C@@H](NC(=O)OC)C(C)C)[nH]4)cc3)cc2)[nH]1)C(C)C. The number of ether oxygens (including phenoxy) is 2. The lowest BCUT2D eigenvalue weighted by Crippen LogP contribution is -2.50. The molecule has 0 unspecified atom stereocenters. The fourth-order valence-corrected chi connectivity index (χ4v) is 5.59. The van der Waals surface area contributed by atoms with E-state index in [9.17, 15) is 19.2 Å². The van der Waals surface area contributed by atoms with Gasteiger partial charge in [-0.15, -0.1) is 0 Å². The van der Waals surface area contributed by atoms with Crippen molar-refractivity contribution in [3.05, 3.63) is 83.7 Å². The number of amides is 4. The molecule has 54 heavy (non-hydrogen) atoms. The van der Waals surface area contributed by atoms with Crippen molar-refractivity contribution in [1.29, 1.82) is 0 Å². The number of imidazole rings is 2. The third kappa shape index (κ3) is 9.86. The van der Waals surface area contributed by atoms with Gasteiger partial charge in [-0.1, -0.05) is 63.8 Å². The molecule has 0 spiro atoms. The number of aromatic nitrogens is 4. The molecule has 0 bridgehead atoms. The lowest BCUT2D eigenvalue weighted by Gasteiger charge is -2.30. The Kier molecular flexibility index (Phi) is 13.6. The summed E-state index contributed by atoms with van der Waals surface area (Å²) in [6.07, 6.45) is 2.14. The normalized spacial score (nSPS) is 13.2. The smallest absolute Gasteiger partial charge is 0.407 e. The minimum atomic E-state index is -0.736. The minimum Gasteiger partial charge on any atom is -0.453 e. The number of hydrogen-bond acceptors (Lipinski definition) is 8. The first-order valence-corrected chi connectivity index (χ1v) is 17.7. The molecule has 4 atom stereocenters. The van der Waals surface area contributed by atoms with Crippen LogP contribution in [0.15, 0.2) is 60.9 Å². The van der Waals surface area contributed by atoms with E-state index in [1.807, 2.05) is 90.1 Å². The molecule has 286 valence electrons. The zero-order valence-electron chi connectivity index (χ0n) is 32.5. The molecular weight excluding hydrogens is 688 g/mol. The molecule has 14 nitrogen and oxygen atoms in total. The lowest BCUT2D eigenvalue weighted by atomic mass is 10.0. The number of carbonyl (C=O) groups is 4. The van der Waals surface area contributed by atoms with E-state index in [2.05, 4.69) is 42.4 Å². The Hall–Kier alpha value is -6.10. The fourth-order valence-electron chi connectivity index (χ4n) is 5.59. The van der Waals surface area contributed by atoms with Gasteiger partial charge in [0.05, 0.1) is 50.1 Å². The molecule has 14 heteroatoms. The summed E-state index contributed by atoms with van der Waals surface area (Å²) in [4.78, 5) is 68.8. The Bertz CT molecular complexity index is 1830. The summed E-state index contributed by atoms with van der Waals surface area (Å²) >= 11 is 0. The van der Waals surface area contributed by atoms with Crippen molar-refractivity contribution in [2.45, 2.75) is 65.7 Å². The zero-order chi connectivity index (χ0) is 39.7. The number of hydrogen-bond donors (Lipinski definition) is 4. The monoisotopic (exact) mass is 738 g/mol. The Morgan fingerprint density at radius 2 is 0.944 bits per heavy atom. The van der Waals surface area contributed by atoms with Gasteiger partial charge >= 0.3 is 12.2 Å². The maximum Gasteiger partial charge on any atom is 0.407 e. The second-order valence-electron chi connectivity index (χ2n) is 13.7. The topological polar surface area (TPSA) is 175 Å². The van der Waals surface area contributed by atoms with Gasteiger partial charge in [-0.05, 0) is 61.1 Å². The molecule has 0 saturated carbocycles. The van der Waals surface area contributed by atoms with Crippen LogP contribution in [0.25, 0.3) is 22.5 Å². The Balaban J connectivity index is 1.38. The third-order valence-corrected chi connectivity index (χ3v) is 9.37. The van der Waals surface area contributed by atoms with Crippen LogP contribution in [0.5, 0.6) is 0 Å². The first kappa shape index (κ1) is 40.7. The molecule has 0 fully saturated rings. The average Bonchev–Trinajstić information content (AvgIpc) is 3.88. The van der Waals surface area contributed by atoms with Gasteiger partial charge in [0.1, 0.15) is 23.7 Å². The first-order valence-electron chi connectivity index (χ1n) is 17.7. The van der Waals surface area contributed by atoms with Gasteiger partial charge < -0.3 is 39.9 Å². The van der Waals surface area contributed by atoms with Crippen LogP contribution in [0.3, 0.4) is 0 Å². The molecule has 0 aliphatic carbocycles. The number of likely N-dealkylation sites (N-methyl/N-ethyl adjacent to an activating group) is 2. The molecule has 4 amide bonds. The van der Waals surface area contributed by atoms with E-state index in [4.69, 9.17) is 9.47 Å². The quantitative estimate of drug-likeness (QED) is 0.135. The first-order chi connectivity index (χ1) is 25.6. The number of carbonyl (C=O) groups excluding carboxylic acids is 4. The molecule has 4 rings (SSSR count). The number of nitrogens with zero attached hydrogens (tertiary/aromatic N) is 4.